The van der Waals surface area contributed by atoms with Crippen molar-refractivity contribution in [2.45, 2.75) is 47.5 Å². The third-order valence-electron chi connectivity index (χ3n) is 3.56. The molecule has 16 heavy (non-hydrogen) atoms. The highest BCUT2D eigenvalue weighted by molar-refractivity contribution is 5.77. The highest BCUT2D eigenvalue weighted by Crippen LogP contribution is 2.36. The molecule has 0 amide bonds. The van der Waals surface area contributed by atoms with E-state index in [9.17, 15) is 4.79 Å². The van der Waals surface area contributed by atoms with Crippen molar-refractivity contribution in [2.24, 2.45) is 23.0 Å². The van der Waals surface area contributed by atoms with Gasteiger partial charge in [-0.05, 0) is 25.2 Å². The quantitative estimate of drug-likeness (QED) is 0.683. The molecule has 0 aliphatic carbocycles. The first-order valence-corrected chi connectivity index (χ1v) is 6.31. The van der Waals surface area contributed by atoms with E-state index in [0.29, 0.717) is 19.1 Å². The molecule has 0 spiro atoms. The summed E-state index contributed by atoms with van der Waals surface area (Å²) in [5.74, 6) is 0.578. The lowest BCUT2D eigenvalue weighted by atomic mass is 9.71. The van der Waals surface area contributed by atoms with Gasteiger partial charge in [0, 0.05) is 6.54 Å². The first-order chi connectivity index (χ1) is 7.44. The number of rotatable bonds is 7. The fraction of sp³-hybridized carbons (Fsp3) is 0.923. The van der Waals surface area contributed by atoms with Crippen LogP contribution in [-0.2, 0) is 9.53 Å². The Bertz CT molecular complexity index is 216. The molecule has 0 bridgehead atoms. The molecule has 2 N–H and O–H groups in total. The largest absolute Gasteiger partial charge is 0.466 e. The first-order valence-electron chi connectivity index (χ1n) is 6.31. The van der Waals surface area contributed by atoms with Crippen LogP contribution in [0.4, 0.5) is 0 Å². The molecule has 96 valence electrons. The zero-order chi connectivity index (χ0) is 12.8. The highest BCUT2D eigenvalue weighted by Gasteiger charge is 2.42. The minimum absolute atomic E-state index is 0.132. The second-order valence-electron chi connectivity index (χ2n) is 4.95. The number of ether oxygens (including phenoxy) is 1. The SMILES string of the molecule is CCOC(=O)C(CN)(CC(C)CC)C(C)C. The van der Waals surface area contributed by atoms with Gasteiger partial charge >= 0.3 is 5.97 Å². The van der Waals surface area contributed by atoms with Crippen molar-refractivity contribution in [3.05, 3.63) is 0 Å². The molecule has 0 aliphatic rings. The zero-order valence-corrected chi connectivity index (χ0v) is 11.4. The smallest absolute Gasteiger partial charge is 0.313 e. The molecule has 2 atom stereocenters. The average molecular weight is 229 g/mol. The minimum atomic E-state index is -0.508. The van der Waals surface area contributed by atoms with E-state index in [0.717, 1.165) is 12.8 Å². The Morgan fingerprint density at radius 3 is 2.19 bits per heavy atom. The van der Waals surface area contributed by atoms with Crippen LogP contribution in [-0.4, -0.2) is 19.1 Å². The van der Waals surface area contributed by atoms with E-state index in [1.54, 1.807) is 0 Å². The van der Waals surface area contributed by atoms with Crippen LogP contribution in [0.5, 0.6) is 0 Å². The first kappa shape index (κ1) is 15.4. The van der Waals surface area contributed by atoms with E-state index in [4.69, 9.17) is 10.5 Å². The van der Waals surface area contributed by atoms with Gasteiger partial charge in [-0.15, -0.1) is 0 Å². The van der Waals surface area contributed by atoms with Gasteiger partial charge in [-0.2, -0.15) is 0 Å². The Morgan fingerprint density at radius 2 is 1.88 bits per heavy atom. The Labute approximate surface area is 99.7 Å². The molecule has 0 radical (unpaired) electrons. The van der Waals surface area contributed by atoms with Crippen LogP contribution in [0.2, 0.25) is 0 Å². The van der Waals surface area contributed by atoms with Crippen molar-refractivity contribution in [1.29, 1.82) is 0 Å². The van der Waals surface area contributed by atoms with E-state index < -0.39 is 5.41 Å². The summed E-state index contributed by atoms with van der Waals surface area (Å²) in [5.41, 5.74) is 5.33. The van der Waals surface area contributed by atoms with E-state index >= 15 is 0 Å². The normalized spacial score (nSPS) is 16.9. The van der Waals surface area contributed by atoms with Crippen molar-refractivity contribution in [3.63, 3.8) is 0 Å². The van der Waals surface area contributed by atoms with Crippen molar-refractivity contribution in [1.82, 2.24) is 0 Å². The van der Waals surface area contributed by atoms with Gasteiger partial charge in [-0.25, -0.2) is 0 Å². The Morgan fingerprint density at radius 1 is 1.31 bits per heavy atom. The number of carbonyl (C=O) groups excluding carboxylic acids is 1. The fourth-order valence-corrected chi connectivity index (χ4v) is 2.00. The maximum atomic E-state index is 12.1. The van der Waals surface area contributed by atoms with Gasteiger partial charge in [0.25, 0.3) is 0 Å². The summed E-state index contributed by atoms with van der Waals surface area (Å²) in [6, 6.07) is 0. The van der Waals surface area contributed by atoms with E-state index in [2.05, 4.69) is 13.8 Å². The van der Waals surface area contributed by atoms with Crippen LogP contribution in [0.1, 0.15) is 47.5 Å². The molecule has 3 nitrogen and oxygen atoms in total. The lowest BCUT2D eigenvalue weighted by Gasteiger charge is -2.35. The summed E-state index contributed by atoms with van der Waals surface area (Å²) >= 11 is 0. The highest BCUT2D eigenvalue weighted by atomic mass is 16.5. The third-order valence-corrected chi connectivity index (χ3v) is 3.56. The molecule has 2 unspecified atom stereocenters. The van der Waals surface area contributed by atoms with Crippen LogP contribution < -0.4 is 5.73 Å². The fourth-order valence-electron chi connectivity index (χ4n) is 2.00. The van der Waals surface area contributed by atoms with E-state index in [1.807, 2.05) is 20.8 Å². The van der Waals surface area contributed by atoms with Crippen molar-refractivity contribution < 1.29 is 9.53 Å². The van der Waals surface area contributed by atoms with Crippen LogP contribution >= 0.6 is 0 Å². The summed E-state index contributed by atoms with van der Waals surface area (Å²) in [6.45, 7) is 11.0. The Balaban J connectivity index is 4.91. The standard InChI is InChI=1S/C13H27NO2/c1-6-11(5)8-13(9-14,10(3)4)12(15)16-7-2/h10-11H,6-9,14H2,1-5H3. The van der Waals surface area contributed by atoms with Crippen LogP contribution in [0.3, 0.4) is 0 Å². The predicted octanol–water partition coefficient (Wildman–Crippen LogP) is 2.59. The summed E-state index contributed by atoms with van der Waals surface area (Å²) in [5, 5.41) is 0. The third kappa shape index (κ3) is 3.48. The second-order valence-corrected chi connectivity index (χ2v) is 4.95. The van der Waals surface area contributed by atoms with Gasteiger partial charge in [0.05, 0.1) is 12.0 Å². The number of hydrogen-bond acceptors (Lipinski definition) is 3. The van der Waals surface area contributed by atoms with Crippen molar-refractivity contribution >= 4 is 5.97 Å². The topological polar surface area (TPSA) is 52.3 Å². The van der Waals surface area contributed by atoms with Crippen LogP contribution in [0, 0.1) is 17.3 Å². The molecule has 3 heteroatoms. The van der Waals surface area contributed by atoms with E-state index in [-0.39, 0.29) is 11.9 Å². The van der Waals surface area contributed by atoms with Gasteiger partial charge in [0.1, 0.15) is 0 Å². The summed E-state index contributed by atoms with van der Waals surface area (Å²) < 4.78 is 5.19. The zero-order valence-electron chi connectivity index (χ0n) is 11.4. The van der Waals surface area contributed by atoms with Crippen LogP contribution in [0.15, 0.2) is 0 Å². The molecular formula is C13H27NO2. The molecular weight excluding hydrogens is 202 g/mol. The summed E-state index contributed by atoms with van der Waals surface area (Å²) in [4.78, 5) is 12.1. The molecule has 0 heterocycles. The number of hydrogen-bond donors (Lipinski definition) is 1. The molecule has 0 saturated heterocycles. The number of nitrogens with two attached hydrogens (primary N) is 1. The Kier molecular flexibility index (Phi) is 6.65. The van der Waals surface area contributed by atoms with Gasteiger partial charge in [0.2, 0.25) is 0 Å². The predicted molar refractivity (Wildman–Crippen MR) is 67.0 cm³/mol. The van der Waals surface area contributed by atoms with E-state index in [1.165, 1.54) is 0 Å². The summed E-state index contributed by atoms with van der Waals surface area (Å²) in [7, 11) is 0. The van der Waals surface area contributed by atoms with Gasteiger partial charge < -0.3 is 10.5 Å². The average Bonchev–Trinajstić information content (AvgIpc) is 2.25. The molecule has 0 rings (SSSR count). The lowest BCUT2D eigenvalue weighted by Crippen LogP contribution is -2.45. The minimum Gasteiger partial charge on any atom is -0.466 e. The molecule has 0 saturated carbocycles. The van der Waals surface area contributed by atoms with Crippen LogP contribution in [0.25, 0.3) is 0 Å². The van der Waals surface area contributed by atoms with Gasteiger partial charge in [-0.3, -0.25) is 4.79 Å². The molecule has 0 fully saturated rings. The summed E-state index contributed by atoms with van der Waals surface area (Å²) in [6.07, 6.45) is 1.88. The maximum Gasteiger partial charge on any atom is 0.313 e. The van der Waals surface area contributed by atoms with Gasteiger partial charge in [0.15, 0.2) is 0 Å². The van der Waals surface area contributed by atoms with Crippen molar-refractivity contribution in [3.8, 4) is 0 Å². The number of carbonyl (C=O) groups is 1. The molecule has 0 aromatic heterocycles. The maximum absolute atomic E-state index is 12.1. The number of esters is 1. The molecule has 0 aromatic carbocycles. The lowest BCUT2D eigenvalue weighted by molar-refractivity contribution is -0.159. The Hall–Kier alpha value is -0.570. The monoisotopic (exact) mass is 229 g/mol. The van der Waals surface area contributed by atoms with Gasteiger partial charge in [-0.1, -0.05) is 34.1 Å². The second kappa shape index (κ2) is 6.89. The molecule has 0 aliphatic heterocycles. The molecule has 0 aromatic rings. The van der Waals surface area contributed by atoms with Crippen molar-refractivity contribution in [2.75, 3.05) is 13.2 Å².